The number of carboxylic acids is 1. The third kappa shape index (κ3) is 3.26. The summed E-state index contributed by atoms with van der Waals surface area (Å²) in [7, 11) is 0. The van der Waals surface area contributed by atoms with Crippen molar-refractivity contribution in [3.63, 3.8) is 0 Å². The van der Waals surface area contributed by atoms with Crippen LogP contribution in [0.3, 0.4) is 0 Å². The van der Waals surface area contributed by atoms with Crippen LogP contribution in [0, 0.1) is 34.9 Å². The lowest BCUT2D eigenvalue weighted by molar-refractivity contribution is -0.150. The average molecular weight is 437 g/mol. The third-order valence-corrected chi connectivity index (χ3v) is 7.01. The van der Waals surface area contributed by atoms with Crippen LogP contribution >= 0.6 is 0 Å². The maximum atomic E-state index is 13.7. The number of hydrogen-bond donors (Lipinski definition) is 5. The van der Waals surface area contributed by atoms with Crippen LogP contribution < -0.4 is 11.1 Å². The minimum atomic E-state index is -0.797. The molecule has 3 aliphatic carbocycles. The van der Waals surface area contributed by atoms with Crippen LogP contribution in [0.15, 0.2) is 24.5 Å². The first kappa shape index (κ1) is 20.3. The van der Waals surface area contributed by atoms with E-state index in [1.165, 1.54) is 0 Å². The Morgan fingerprint density at radius 1 is 1.38 bits per heavy atom. The molecular formula is C22H24FN7O2. The second-order valence-corrected chi connectivity index (χ2v) is 8.85. The van der Waals surface area contributed by atoms with Crippen LogP contribution in [0.5, 0.6) is 0 Å². The van der Waals surface area contributed by atoms with E-state index in [2.05, 4.69) is 32.2 Å². The first-order chi connectivity index (χ1) is 15.3. The first-order valence-electron chi connectivity index (χ1n) is 10.7. The molecule has 5 atom stereocenters. The molecule has 3 heterocycles. The maximum Gasteiger partial charge on any atom is 0.308 e. The van der Waals surface area contributed by atoms with Gasteiger partial charge >= 0.3 is 5.97 Å². The zero-order valence-corrected chi connectivity index (χ0v) is 17.5. The second kappa shape index (κ2) is 7.54. The highest BCUT2D eigenvalue weighted by molar-refractivity contribution is 6.12. The number of nitrogens with two attached hydrogens (primary N) is 1. The van der Waals surface area contributed by atoms with Gasteiger partial charge in [-0.2, -0.15) is 0 Å². The summed E-state index contributed by atoms with van der Waals surface area (Å²) in [5, 5.41) is 22.6. The molecule has 3 aromatic heterocycles. The number of nitrogen functional groups attached to an aromatic ring is 1. The smallest absolute Gasteiger partial charge is 0.308 e. The molecule has 6 rings (SSSR count). The number of nitrogens with zero attached hydrogens (tertiary/aromatic N) is 3. The summed E-state index contributed by atoms with van der Waals surface area (Å²) in [6.07, 6.45) is 5.57. The number of fused-ring (bicyclic) bond motifs is 4. The molecule has 10 heteroatoms. The van der Waals surface area contributed by atoms with Crippen molar-refractivity contribution in [1.82, 2.24) is 19.9 Å². The molecular weight excluding hydrogens is 413 g/mol. The van der Waals surface area contributed by atoms with Crippen LogP contribution in [0.2, 0.25) is 0 Å². The number of aromatic nitrogens is 4. The molecule has 6 N–H and O–H groups in total. The van der Waals surface area contributed by atoms with Gasteiger partial charge in [-0.1, -0.05) is 6.92 Å². The largest absolute Gasteiger partial charge is 0.481 e. The molecule has 0 saturated heterocycles. The summed E-state index contributed by atoms with van der Waals surface area (Å²) in [4.78, 5) is 27.9. The fourth-order valence-electron chi connectivity index (χ4n) is 5.52. The SMILES string of the molecule is C[C@@H]1CC2CC[C@@H]1[C@H](C(=O)O)[C@H]2Nc1nc(C(=N)c2cc(F)cnc2N)nc2[nH]ccc12. The highest BCUT2D eigenvalue weighted by Crippen LogP contribution is 2.49. The summed E-state index contributed by atoms with van der Waals surface area (Å²) in [5.41, 5.74) is 6.27. The van der Waals surface area contributed by atoms with E-state index in [1.807, 2.05) is 6.07 Å². The van der Waals surface area contributed by atoms with Crippen molar-refractivity contribution in [2.24, 2.45) is 23.7 Å². The number of halogens is 1. The molecule has 0 spiro atoms. The second-order valence-electron chi connectivity index (χ2n) is 8.85. The van der Waals surface area contributed by atoms with Crippen LogP contribution in [0.1, 0.15) is 37.6 Å². The Bertz CT molecular complexity index is 1230. The van der Waals surface area contributed by atoms with Crippen LogP contribution in [-0.4, -0.2) is 42.8 Å². The summed E-state index contributed by atoms with van der Waals surface area (Å²) in [6.45, 7) is 2.13. The van der Waals surface area contributed by atoms with Crippen LogP contribution in [-0.2, 0) is 4.79 Å². The molecule has 3 aromatic rings. The number of anilines is 2. The number of carboxylic acid groups (broad SMARTS) is 1. The molecule has 3 aliphatic rings. The lowest BCUT2D eigenvalue weighted by atomic mass is 9.57. The molecule has 3 fully saturated rings. The first-order valence-corrected chi connectivity index (χ1v) is 10.7. The summed E-state index contributed by atoms with van der Waals surface area (Å²) in [5.74, 6) is -0.695. The van der Waals surface area contributed by atoms with Crippen molar-refractivity contribution in [2.75, 3.05) is 11.1 Å². The monoisotopic (exact) mass is 437 g/mol. The van der Waals surface area contributed by atoms with Gasteiger partial charge in [-0.3, -0.25) is 10.2 Å². The number of hydrogen-bond acceptors (Lipinski definition) is 7. The van der Waals surface area contributed by atoms with Gasteiger partial charge in [0.2, 0.25) is 0 Å². The number of aliphatic carboxylic acids is 1. The van der Waals surface area contributed by atoms with Crippen molar-refractivity contribution in [3.05, 3.63) is 41.7 Å². The van der Waals surface area contributed by atoms with Gasteiger partial charge in [-0.15, -0.1) is 0 Å². The lowest BCUT2D eigenvalue weighted by Gasteiger charge is -2.50. The number of pyridine rings is 1. The van der Waals surface area contributed by atoms with Gasteiger partial charge in [0.05, 0.1) is 17.5 Å². The minimum absolute atomic E-state index is 0.00520. The number of H-pyrrole nitrogens is 1. The van der Waals surface area contributed by atoms with E-state index in [9.17, 15) is 14.3 Å². The zero-order chi connectivity index (χ0) is 22.6. The number of carbonyl (C=O) groups is 1. The van der Waals surface area contributed by atoms with E-state index >= 15 is 0 Å². The van der Waals surface area contributed by atoms with Crippen molar-refractivity contribution < 1.29 is 14.3 Å². The van der Waals surface area contributed by atoms with E-state index in [1.54, 1.807) is 6.20 Å². The maximum absolute atomic E-state index is 13.7. The normalized spacial score (nSPS) is 26.9. The van der Waals surface area contributed by atoms with Gasteiger partial charge in [-0.25, -0.2) is 19.3 Å². The van der Waals surface area contributed by atoms with E-state index in [0.29, 0.717) is 22.8 Å². The summed E-state index contributed by atoms with van der Waals surface area (Å²) in [6, 6.07) is 2.67. The molecule has 1 unspecified atom stereocenters. The van der Waals surface area contributed by atoms with Gasteiger partial charge < -0.3 is 21.1 Å². The van der Waals surface area contributed by atoms with Gasteiger partial charge in [0.15, 0.2) is 5.82 Å². The van der Waals surface area contributed by atoms with E-state index < -0.39 is 17.7 Å². The summed E-state index contributed by atoms with van der Waals surface area (Å²) < 4.78 is 13.7. The molecule has 3 saturated carbocycles. The third-order valence-electron chi connectivity index (χ3n) is 7.01. The minimum Gasteiger partial charge on any atom is -0.481 e. The number of nitrogens with one attached hydrogen (secondary N) is 3. The molecule has 0 amide bonds. The lowest BCUT2D eigenvalue weighted by Crippen LogP contribution is -2.54. The predicted molar refractivity (Wildman–Crippen MR) is 117 cm³/mol. The van der Waals surface area contributed by atoms with Crippen molar-refractivity contribution in [3.8, 4) is 0 Å². The Hall–Kier alpha value is -3.56. The molecule has 166 valence electrons. The van der Waals surface area contributed by atoms with Gasteiger partial charge in [0.1, 0.15) is 28.8 Å². The fraction of sp³-hybridized carbons (Fsp3) is 0.409. The molecule has 9 nitrogen and oxygen atoms in total. The topological polar surface area (TPSA) is 154 Å². The number of rotatable bonds is 5. The average Bonchev–Trinajstić information content (AvgIpc) is 3.24. The predicted octanol–water partition coefficient (Wildman–Crippen LogP) is 3.04. The van der Waals surface area contributed by atoms with Crippen molar-refractivity contribution >= 4 is 34.4 Å². The van der Waals surface area contributed by atoms with E-state index in [4.69, 9.17) is 11.1 Å². The fourth-order valence-corrected chi connectivity index (χ4v) is 5.52. The standard InChI is InChI=1S/C22H24FN7O2/c1-9-6-10-2-3-12(9)15(22(31)32)17(10)28-20-13-4-5-26-19(13)29-21(30-20)16(24)14-7-11(23)8-27-18(14)25/h4-5,7-10,12,15,17,24H,2-3,6H2,1H3,(H2,25,27)(H,31,32)(H2,26,28,29,30)/t9-,10?,12+,15+,17+/m1/s1. The highest BCUT2D eigenvalue weighted by atomic mass is 19.1. The van der Waals surface area contributed by atoms with Gasteiger partial charge in [0, 0.05) is 17.8 Å². The molecule has 2 bridgehead atoms. The molecule has 32 heavy (non-hydrogen) atoms. The van der Waals surface area contributed by atoms with Crippen LogP contribution in [0.25, 0.3) is 11.0 Å². The van der Waals surface area contributed by atoms with Crippen molar-refractivity contribution in [2.45, 2.75) is 32.2 Å². The summed E-state index contributed by atoms with van der Waals surface area (Å²) >= 11 is 0. The Kier molecular flexibility index (Phi) is 4.79. The van der Waals surface area contributed by atoms with E-state index in [0.717, 1.165) is 31.5 Å². The quantitative estimate of drug-likeness (QED) is 0.384. The molecule has 0 aliphatic heterocycles. The Labute approximate surface area is 183 Å². The zero-order valence-electron chi connectivity index (χ0n) is 17.5. The van der Waals surface area contributed by atoms with Crippen LogP contribution in [0.4, 0.5) is 16.0 Å². The Morgan fingerprint density at radius 3 is 2.94 bits per heavy atom. The number of aromatic amines is 1. The van der Waals surface area contributed by atoms with Gasteiger partial charge in [-0.05, 0) is 49.1 Å². The van der Waals surface area contributed by atoms with Gasteiger partial charge in [0.25, 0.3) is 0 Å². The highest BCUT2D eigenvalue weighted by Gasteiger charge is 2.50. The van der Waals surface area contributed by atoms with Crippen molar-refractivity contribution in [1.29, 1.82) is 5.41 Å². The Morgan fingerprint density at radius 2 is 2.19 bits per heavy atom. The Balaban J connectivity index is 1.55. The van der Waals surface area contributed by atoms with E-state index in [-0.39, 0.29) is 40.8 Å². The molecule has 0 radical (unpaired) electrons. The molecule has 0 aromatic carbocycles.